The van der Waals surface area contributed by atoms with Gasteiger partial charge in [-0.2, -0.15) is 0 Å². The lowest BCUT2D eigenvalue weighted by atomic mass is 10.0. The predicted molar refractivity (Wildman–Crippen MR) is 80.2 cm³/mol. The zero-order valence-electron chi connectivity index (χ0n) is 10.2. The summed E-state index contributed by atoms with van der Waals surface area (Å²) in [5.41, 5.74) is 8.59. The molecule has 0 spiro atoms. The Hall–Kier alpha value is -1.52. The molecule has 1 aromatic carbocycles. The van der Waals surface area contributed by atoms with E-state index in [1.54, 1.807) is 11.0 Å². The Balaban J connectivity index is 2.02. The van der Waals surface area contributed by atoms with E-state index in [1.807, 2.05) is 23.6 Å². The lowest BCUT2D eigenvalue weighted by Crippen LogP contribution is -2.35. The van der Waals surface area contributed by atoms with Crippen LogP contribution in [0.5, 0.6) is 0 Å². The van der Waals surface area contributed by atoms with Crippen LogP contribution >= 0.6 is 22.9 Å². The van der Waals surface area contributed by atoms with Gasteiger partial charge in [0.2, 0.25) is 0 Å². The van der Waals surface area contributed by atoms with Crippen LogP contribution in [0.15, 0.2) is 29.6 Å². The number of carbonyl (C=O) groups is 1. The van der Waals surface area contributed by atoms with Gasteiger partial charge in [0.1, 0.15) is 4.88 Å². The number of amides is 1. The van der Waals surface area contributed by atoms with E-state index in [-0.39, 0.29) is 5.91 Å². The van der Waals surface area contributed by atoms with Crippen molar-refractivity contribution in [1.82, 2.24) is 0 Å². The van der Waals surface area contributed by atoms with E-state index >= 15 is 0 Å². The Labute approximate surface area is 120 Å². The molecule has 19 heavy (non-hydrogen) atoms. The maximum absolute atomic E-state index is 12.6. The molecule has 0 saturated heterocycles. The molecule has 0 atom stereocenters. The Kier molecular flexibility index (Phi) is 3.21. The van der Waals surface area contributed by atoms with Gasteiger partial charge in [0, 0.05) is 17.9 Å². The number of nitrogen functional groups attached to an aromatic ring is 1. The van der Waals surface area contributed by atoms with Crippen LogP contribution in [-0.2, 0) is 6.42 Å². The molecule has 0 unspecified atom stereocenters. The fourth-order valence-corrected chi connectivity index (χ4v) is 3.46. The van der Waals surface area contributed by atoms with E-state index in [0.717, 1.165) is 18.5 Å². The van der Waals surface area contributed by atoms with Crippen LogP contribution in [0.3, 0.4) is 0 Å². The van der Waals surface area contributed by atoms with Crippen LogP contribution in [0, 0.1) is 0 Å². The molecule has 1 aliphatic rings. The van der Waals surface area contributed by atoms with Gasteiger partial charge in [-0.1, -0.05) is 17.7 Å². The lowest BCUT2D eigenvalue weighted by Gasteiger charge is -2.29. The molecule has 98 valence electrons. The summed E-state index contributed by atoms with van der Waals surface area (Å²) < 4.78 is 0. The van der Waals surface area contributed by atoms with Gasteiger partial charge in [-0.05, 0) is 42.0 Å². The van der Waals surface area contributed by atoms with E-state index < -0.39 is 0 Å². The quantitative estimate of drug-likeness (QED) is 0.817. The Bertz CT molecular complexity index is 638. The lowest BCUT2D eigenvalue weighted by molar-refractivity contribution is 0.0989. The Morgan fingerprint density at radius 3 is 2.95 bits per heavy atom. The molecular formula is C14H13ClN2OS. The van der Waals surface area contributed by atoms with Gasteiger partial charge >= 0.3 is 0 Å². The topological polar surface area (TPSA) is 46.3 Å². The van der Waals surface area contributed by atoms with E-state index in [1.165, 1.54) is 16.9 Å². The van der Waals surface area contributed by atoms with Crippen molar-refractivity contribution in [2.45, 2.75) is 12.8 Å². The van der Waals surface area contributed by atoms with Gasteiger partial charge in [-0.25, -0.2) is 0 Å². The van der Waals surface area contributed by atoms with Crippen molar-refractivity contribution >= 4 is 40.2 Å². The third kappa shape index (κ3) is 2.22. The van der Waals surface area contributed by atoms with E-state index in [2.05, 4.69) is 0 Å². The molecule has 3 nitrogen and oxygen atoms in total. The van der Waals surface area contributed by atoms with Crippen molar-refractivity contribution in [1.29, 1.82) is 0 Å². The first-order valence-corrected chi connectivity index (χ1v) is 7.36. The summed E-state index contributed by atoms with van der Waals surface area (Å²) in [4.78, 5) is 14.9. The normalized spacial score (nSPS) is 14.3. The number of nitrogens with zero attached hydrogens (tertiary/aromatic N) is 1. The number of nitrogens with two attached hydrogens (primary N) is 1. The van der Waals surface area contributed by atoms with Crippen LogP contribution < -0.4 is 10.6 Å². The average molecular weight is 293 g/mol. The van der Waals surface area contributed by atoms with Crippen LogP contribution in [0.1, 0.15) is 21.7 Å². The molecule has 0 aliphatic carbocycles. The van der Waals surface area contributed by atoms with Crippen LogP contribution in [0.4, 0.5) is 11.4 Å². The first kappa shape index (κ1) is 12.5. The minimum absolute atomic E-state index is 0.0356. The standard InChI is InChI=1S/C14H13ClN2OS/c15-11-5-7-19-13(11)14(18)17-6-1-2-9-3-4-10(16)8-12(9)17/h3-5,7-8H,1-2,6,16H2. The number of hydrogen-bond donors (Lipinski definition) is 1. The summed E-state index contributed by atoms with van der Waals surface area (Å²) in [6.07, 6.45) is 1.95. The summed E-state index contributed by atoms with van der Waals surface area (Å²) in [5.74, 6) is -0.0356. The van der Waals surface area contributed by atoms with Crippen LogP contribution in [0.2, 0.25) is 5.02 Å². The second-order valence-corrected chi connectivity index (χ2v) is 5.87. The number of rotatable bonds is 1. The number of halogens is 1. The Morgan fingerprint density at radius 1 is 1.37 bits per heavy atom. The van der Waals surface area contributed by atoms with Crippen LogP contribution in [-0.4, -0.2) is 12.5 Å². The highest BCUT2D eigenvalue weighted by Gasteiger charge is 2.25. The molecule has 0 saturated carbocycles. The van der Waals surface area contributed by atoms with Crippen molar-refractivity contribution in [2.24, 2.45) is 0 Å². The zero-order chi connectivity index (χ0) is 13.4. The summed E-state index contributed by atoms with van der Waals surface area (Å²) >= 11 is 7.43. The number of hydrogen-bond acceptors (Lipinski definition) is 3. The maximum atomic E-state index is 12.6. The first-order valence-electron chi connectivity index (χ1n) is 6.10. The summed E-state index contributed by atoms with van der Waals surface area (Å²) in [6.45, 7) is 0.712. The van der Waals surface area contributed by atoms with Crippen molar-refractivity contribution in [2.75, 3.05) is 17.2 Å². The van der Waals surface area contributed by atoms with E-state index in [9.17, 15) is 4.79 Å². The van der Waals surface area contributed by atoms with E-state index in [0.29, 0.717) is 22.1 Å². The molecule has 3 rings (SSSR count). The number of benzene rings is 1. The molecule has 1 aliphatic heterocycles. The molecule has 0 radical (unpaired) electrons. The van der Waals surface area contributed by atoms with E-state index in [4.69, 9.17) is 17.3 Å². The number of thiophene rings is 1. The number of aryl methyl sites for hydroxylation is 1. The van der Waals surface area contributed by atoms with Crippen LogP contribution in [0.25, 0.3) is 0 Å². The molecule has 0 bridgehead atoms. The third-order valence-corrected chi connectivity index (χ3v) is 4.61. The second-order valence-electron chi connectivity index (χ2n) is 4.55. The molecule has 1 aromatic heterocycles. The van der Waals surface area contributed by atoms with Gasteiger partial charge in [0.25, 0.3) is 5.91 Å². The number of carbonyl (C=O) groups excluding carboxylic acids is 1. The number of fused-ring (bicyclic) bond motifs is 1. The van der Waals surface area contributed by atoms with Gasteiger partial charge in [-0.15, -0.1) is 11.3 Å². The third-order valence-electron chi connectivity index (χ3n) is 3.28. The van der Waals surface area contributed by atoms with Gasteiger partial charge in [0.05, 0.1) is 5.02 Å². The maximum Gasteiger partial charge on any atom is 0.269 e. The van der Waals surface area contributed by atoms with Crippen molar-refractivity contribution < 1.29 is 4.79 Å². The number of anilines is 2. The summed E-state index contributed by atoms with van der Waals surface area (Å²) in [7, 11) is 0. The summed E-state index contributed by atoms with van der Waals surface area (Å²) in [5, 5.41) is 2.35. The fraction of sp³-hybridized carbons (Fsp3) is 0.214. The molecule has 5 heteroatoms. The molecule has 2 heterocycles. The molecule has 1 amide bonds. The predicted octanol–water partition coefficient (Wildman–Crippen LogP) is 3.58. The molecule has 0 fully saturated rings. The smallest absolute Gasteiger partial charge is 0.269 e. The SMILES string of the molecule is Nc1ccc2c(c1)N(C(=O)c1sccc1Cl)CCC2. The molecular weight excluding hydrogens is 280 g/mol. The highest BCUT2D eigenvalue weighted by atomic mass is 35.5. The fourth-order valence-electron chi connectivity index (χ4n) is 2.37. The highest BCUT2D eigenvalue weighted by molar-refractivity contribution is 7.12. The van der Waals surface area contributed by atoms with Gasteiger partial charge < -0.3 is 10.6 Å². The molecule has 2 N–H and O–H groups in total. The molecule has 2 aromatic rings. The minimum Gasteiger partial charge on any atom is -0.399 e. The van der Waals surface area contributed by atoms with Crippen molar-refractivity contribution in [3.8, 4) is 0 Å². The van der Waals surface area contributed by atoms with Gasteiger partial charge in [-0.3, -0.25) is 4.79 Å². The zero-order valence-corrected chi connectivity index (χ0v) is 11.8. The average Bonchev–Trinajstić information content (AvgIpc) is 2.83. The largest absolute Gasteiger partial charge is 0.399 e. The monoisotopic (exact) mass is 292 g/mol. The summed E-state index contributed by atoms with van der Waals surface area (Å²) in [6, 6.07) is 7.50. The first-order chi connectivity index (χ1) is 9.16. The highest BCUT2D eigenvalue weighted by Crippen LogP contribution is 2.32. The van der Waals surface area contributed by atoms with Crippen molar-refractivity contribution in [3.05, 3.63) is 45.1 Å². The minimum atomic E-state index is -0.0356. The van der Waals surface area contributed by atoms with Crippen molar-refractivity contribution in [3.63, 3.8) is 0 Å². The Morgan fingerprint density at radius 2 is 2.21 bits per heavy atom. The van der Waals surface area contributed by atoms with Gasteiger partial charge in [0.15, 0.2) is 0 Å². The second kappa shape index (κ2) is 4.87.